The Kier molecular flexibility index (Phi) is 5.29. The van der Waals surface area contributed by atoms with Gasteiger partial charge in [0.2, 0.25) is 5.91 Å². The van der Waals surface area contributed by atoms with Gasteiger partial charge in [-0.05, 0) is 57.2 Å². The van der Waals surface area contributed by atoms with Crippen LogP contribution in [0.4, 0.5) is 0 Å². The van der Waals surface area contributed by atoms with Crippen LogP contribution in [0.15, 0.2) is 16.3 Å². The minimum absolute atomic E-state index is 0.0802. The summed E-state index contributed by atoms with van der Waals surface area (Å²) in [5.74, 6) is 0.134. The zero-order valence-corrected chi connectivity index (χ0v) is 15.5. The van der Waals surface area contributed by atoms with Gasteiger partial charge in [-0.15, -0.1) is 11.3 Å². The Labute approximate surface area is 147 Å². The topological polar surface area (TPSA) is 92.5 Å². The van der Waals surface area contributed by atoms with E-state index < -0.39 is 16.1 Å². The van der Waals surface area contributed by atoms with Gasteiger partial charge in [-0.3, -0.25) is 4.79 Å². The number of sulfonamides is 1. The molecule has 3 rings (SSSR count). The lowest BCUT2D eigenvalue weighted by molar-refractivity contribution is -0.125. The number of aryl methyl sites for hydroxylation is 1. The van der Waals surface area contributed by atoms with Crippen molar-refractivity contribution in [3.05, 3.63) is 17.0 Å². The molecule has 3 N–H and O–H groups in total. The molecule has 0 aromatic carbocycles. The van der Waals surface area contributed by atoms with Crippen molar-refractivity contribution in [2.75, 3.05) is 13.1 Å². The van der Waals surface area contributed by atoms with Gasteiger partial charge in [0.05, 0.1) is 0 Å². The molecule has 1 saturated heterocycles. The molecule has 24 heavy (non-hydrogen) atoms. The third-order valence-electron chi connectivity index (χ3n) is 5.07. The van der Waals surface area contributed by atoms with Crippen molar-refractivity contribution in [3.63, 3.8) is 0 Å². The molecule has 0 spiro atoms. The molecule has 134 valence electrons. The number of nitrogens with two attached hydrogens (primary N) is 1. The van der Waals surface area contributed by atoms with Crippen LogP contribution in [-0.2, 0) is 14.8 Å². The van der Waals surface area contributed by atoms with E-state index in [-0.39, 0.29) is 11.9 Å². The summed E-state index contributed by atoms with van der Waals surface area (Å²) in [7, 11) is -3.60. The summed E-state index contributed by atoms with van der Waals surface area (Å²) in [6, 6.07) is 2.91. The predicted molar refractivity (Wildman–Crippen MR) is 94.3 cm³/mol. The first-order chi connectivity index (χ1) is 11.4. The van der Waals surface area contributed by atoms with Crippen LogP contribution in [0, 0.1) is 12.8 Å². The fourth-order valence-electron chi connectivity index (χ4n) is 3.74. The Bertz CT molecular complexity index is 701. The van der Waals surface area contributed by atoms with Crippen LogP contribution in [0.5, 0.6) is 0 Å². The molecule has 2 heterocycles. The highest BCUT2D eigenvalue weighted by atomic mass is 32.2. The minimum atomic E-state index is -3.60. The summed E-state index contributed by atoms with van der Waals surface area (Å²) in [5, 5.41) is 3.06. The van der Waals surface area contributed by atoms with E-state index in [0.717, 1.165) is 24.1 Å². The van der Waals surface area contributed by atoms with Crippen LogP contribution in [0.1, 0.15) is 37.0 Å². The molecule has 1 aromatic rings. The van der Waals surface area contributed by atoms with Gasteiger partial charge in [-0.2, -0.15) is 4.31 Å². The van der Waals surface area contributed by atoms with Gasteiger partial charge >= 0.3 is 0 Å². The Morgan fingerprint density at radius 1 is 1.33 bits per heavy atom. The van der Waals surface area contributed by atoms with Gasteiger partial charge in [0.25, 0.3) is 10.0 Å². The zero-order chi connectivity index (χ0) is 17.3. The summed E-state index contributed by atoms with van der Waals surface area (Å²) in [6.45, 7) is 2.85. The van der Waals surface area contributed by atoms with Crippen molar-refractivity contribution in [1.82, 2.24) is 9.62 Å². The maximum Gasteiger partial charge on any atom is 0.253 e. The first-order valence-electron chi connectivity index (χ1n) is 8.52. The van der Waals surface area contributed by atoms with Gasteiger partial charge in [-0.1, -0.05) is 6.42 Å². The number of carbonyl (C=O) groups is 1. The standard InChI is InChI=1S/C16H25N3O3S2/c1-11-7-8-15(23-11)24(21,22)19-9-3-6-14(19)16(20)18-13-5-2-4-12(13)10-17/h7-8,12-14H,2-6,9-10,17H2,1H3,(H,18,20). The van der Waals surface area contributed by atoms with Crippen molar-refractivity contribution in [2.24, 2.45) is 11.7 Å². The number of nitrogens with zero attached hydrogens (tertiary/aromatic N) is 1. The molecular formula is C16H25N3O3S2. The lowest BCUT2D eigenvalue weighted by Gasteiger charge is -2.26. The molecule has 3 unspecified atom stereocenters. The number of amides is 1. The second-order valence-electron chi connectivity index (χ2n) is 6.68. The van der Waals surface area contributed by atoms with Crippen LogP contribution < -0.4 is 11.1 Å². The summed E-state index contributed by atoms with van der Waals surface area (Å²) in [6.07, 6.45) is 4.32. The largest absolute Gasteiger partial charge is 0.352 e. The number of hydrogen-bond acceptors (Lipinski definition) is 5. The van der Waals surface area contributed by atoms with Crippen LogP contribution in [-0.4, -0.2) is 43.8 Å². The second-order valence-corrected chi connectivity index (χ2v) is 10.1. The smallest absolute Gasteiger partial charge is 0.253 e. The van der Waals surface area contributed by atoms with Crippen LogP contribution in [0.3, 0.4) is 0 Å². The number of rotatable bonds is 5. The average molecular weight is 372 g/mol. The Hall–Kier alpha value is -0.960. The van der Waals surface area contributed by atoms with Crippen LogP contribution in [0.2, 0.25) is 0 Å². The van der Waals surface area contributed by atoms with Crippen LogP contribution in [0.25, 0.3) is 0 Å². The molecule has 8 heteroatoms. The lowest BCUT2D eigenvalue weighted by atomic mass is 10.0. The Morgan fingerprint density at radius 3 is 2.79 bits per heavy atom. The van der Waals surface area contributed by atoms with Crippen molar-refractivity contribution in [1.29, 1.82) is 0 Å². The van der Waals surface area contributed by atoms with Gasteiger partial charge in [0.15, 0.2) is 0 Å². The van der Waals surface area contributed by atoms with Gasteiger partial charge in [-0.25, -0.2) is 8.42 Å². The summed E-state index contributed by atoms with van der Waals surface area (Å²) in [5.41, 5.74) is 5.77. The number of hydrogen-bond donors (Lipinski definition) is 2. The molecule has 2 fully saturated rings. The SMILES string of the molecule is Cc1ccc(S(=O)(=O)N2CCCC2C(=O)NC2CCCC2CN)s1. The van der Waals surface area contributed by atoms with Gasteiger partial charge < -0.3 is 11.1 Å². The molecule has 0 bridgehead atoms. The Balaban J connectivity index is 1.74. The monoisotopic (exact) mass is 371 g/mol. The molecule has 1 aliphatic carbocycles. The van der Waals surface area contributed by atoms with E-state index in [9.17, 15) is 13.2 Å². The van der Waals surface area contributed by atoms with Gasteiger partial charge in [0.1, 0.15) is 10.3 Å². The first kappa shape index (κ1) is 17.8. The summed E-state index contributed by atoms with van der Waals surface area (Å²) in [4.78, 5) is 13.7. The maximum atomic E-state index is 12.9. The van der Waals surface area contributed by atoms with Crippen molar-refractivity contribution in [2.45, 2.75) is 55.3 Å². The molecule has 0 radical (unpaired) electrons. The summed E-state index contributed by atoms with van der Waals surface area (Å²) >= 11 is 1.25. The minimum Gasteiger partial charge on any atom is -0.352 e. The average Bonchev–Trinajstić information content (AvgIpc) is 3.26. The highest BCUT2D eigenvalue weighted by molar-refractivity contribution is 7.91. The summed E-state index contributed by atoms with van der Waals surface area (Å²) < 4.78 is 27.4. The van der Waals surface area contributed by atoms with E-state index >= 15 is 0 Å². The van der Waals surface area contributed by atoms with Gasteiger partial charge in [0, 0.05) is 17.5 Å². The molecule has 3 atom stereocenters. The van der Waals surface area contributed by atoms with Crippen molar-refractivity contribution < 1.29 is 13.2 Å². The molecule has 1 saturated carbocycles. The van der Waals surface area contributed by atoms with E-state index in [1.165, 1.54) is 15.6 Å². The highest BCUT2D eigenvalue weighted by Crippen LogP contribution is 2.31. The number of carbonyl (C=O) groups excluding carboxylic acids is 1. The quantitative estimate of drug-likeness (QED) is 0.819. The predicted octanol–water partition coefficient (Wildman–Crippen LogP) is 1.45. The zero-order valence-electron chi connectivity index (χ0n) is 13.9. The lowest BCUT2D eigenvalue weighted by Crippen LogP contribution is -2.50. The Morgan fingerprint density at radius 2 is 2.12 bits per heavy atom. The molecule has 6 nitrogen and oxygen atoms in total. The van der Waals surface area contributed by atoms with E-state index in [4.69, 9.17) is 5.73 Å². The molecule has 2 aliphatic rings. The van der Waals surface area contributed by atoms with Crippen molar-refractivity contribution >= 4 is 27.3 Å². The van der Waals surface area contributed by atoms with E-state index in [1.807, 2.05) is 6.92 Å². The highest BCUT2D eigenvalue weighted by Gasteiger charge is 2.41. The third-order valence-corrected chi connectivity index (χ3v) is 8.45. The van der Waals surface area contributed by atoms with E-state index in [2.05, 4.69) is 5.32 Å². The first-order valence-corrected chi connectivity index (χ1v) is 10.8. The third kappa shape index (κ3) is 3.37. The maximum absolute atomic E-state index is 12.9. The second kappa shape index (κ2) is 7.11. The number of nitrogens with one attached hydrogen (secondary N) is 1. The molecular weight excluding hydrogens is 346 g/mol. The fourth-order valence-corrected chi connectivity index (χ4v) is 6.81. The van der Waals surface area contributed by atoms with Crippen molar-refractivity contribution in [3.8, 4) is 0 Å². The number of thiophene rings is 1. The normalized spacial score (nSPS) is 28.3. The molecule has 1 amide bonds. The van der Waals surface area contributed by atoms with E-state index in [0.29, 0.717) is 36.1 Å². The van der Waals surface area contributed by atoms with Crippen LogP contribution >= 0.6 is 11.3 Å². The van der Waals surface area contributed by atoms with E-state index in [1.54, 1.807) is 12.1 Å². The fraction of sp³-hybridized carbons (Fsp3) is 0.688. The molecule has 1 aliphatic heterocycles. The molecule has 1 aromatic heterocycles.